The van der Waals surface area contributed by atoms with Crippen molar-refractivity contribution in [1.29, 1.82) is 0 Å². The van der Waals surface area contributed by atoms with Crippen LogP contribution in [0.15, 0.2) is 18.2 Å². The van der Waals surface area contributed by atoms with Gasteiger partial charge >= 0.3 is 0 Å². The first-order valence-electron chi connectivity index (χ1n) is 5.15. The maximum Gasteiger partial charge on any atom is 0.226 e. The van der Waals surface area contributed by atoms with Gasteiger partial charge < -0.3 is 11.1 Å². The molecule has 0 aliphatic carbocycles. The number of carbonyl (C=O) groups is 1. The van der Waals surface area contributed by atoms with Crippen LogP contribution in [0, 0.1) is 0 Å². The van der Waals surface area contributed by atoms with E-state index in [2.05, 4.69) is 10.3 Å². The number of rotatable bonds is 3. The summed E-state index contributed by atoms with van der Waals surface area (Å²) in [6.07, 6.45) is 1.36. The molecule has 1 aromatic heterocycles. The maximum atomic E-state index is 11.4. The van der Waals surface area contributed by atoms with Crippen LogP contribution < -0.4 is 11.1 Å². The SMILES string of the molecule is CCCC(=O)Nc1nc2cc(N)ccc2s1. The standard InChI is InChI=1S/C11H13N3OS/c1-2-3-10(15)14-11-13-8-6-7(12)4-5-9(8)16-11/h4-6H,2-3,12H2,1H3,(H,13,14,15). The number of hydrogen-bond acceptors (Lipinski definition) is 4. The van der Waals surface area contributed by atoms with Gasteiger partial charge in [-0.3, -0.25) is 4.79 Å². The molecule has 5 heteroatoms. The van der Waals surface area contributed by atoms with E-state index in [1.54, 1.807) is 6.07 Å². The van der Waals surface area contributed by atoms with Gasteiger partial charge in [0.15, 0.2) is 5.13 Å². The summed E-state index contributed by atoms with van der Waals surface area (Å²) in [5, 5.41) is 3.42. The van der Waals surface area contributed by atoms with Crippen molar-refractivity contribution in [1.82, 2.24) is 4.98 Å². The molecule has 1 aromatic carbocycles. The van der Waals surface area contributed by atoms with Crippen molar-refractivity contribution < 1.29 is 4.79 Å². The van der Waals surface area contributed by atoms with E-state index in [1.807, 2.05) is 19.1 Å². The highest BCUT2D eigenvalue weighted by atomic mass is 32.1. The first kappa shape index (κ1) is 10.9. The number of aromatic nitrogens is 1. The Morgan fingerprint density at radius 2 is 2.38 bits per heavy atom. The van der Waals surface area contributed by atoms with Gasteiger partial charge in [-0.25, -0.2) is 4.98 Å². The fourth-order valence-corrected chi connectivity index (χ4v) is 2.27. The summed E-state index contributed by atoms with van der Waals surface area (Å²) in [7, 11) is 0. The summed E-state index contributed by atoms with van der Waals surface area (Å²) in [5.74, 6) is 0.00882. The van der Waals surface area contributed by atoms with Crippen molar-refractivity contribution in [2.45, 2.75) is 19.8 Å². The molecular formula is C11H13N3OS. The number of nitrogen functional groups attached to an aromatic ring is 1. The van der Waals surface area contributed by atoms with Crippen molar-refractivity contribution in [2.75, 3.05) is 11.1 Å². The fourth-order valence-electron chi connectivity index (χ4n) is 1.41. The monoisotopic (exact) mass is 235 g/mol. The Bertz CT molecular complexity index is 521. The number of carbonyl (C=O) groups excluding carboxylic acids is 1. The topological polar surface area (TPSA) is 68.0 Å². The minimum absolute atomic E-state index is 0.00882. The summed E-state index contributed by atoms with van der Waals surface area (Å²) < 4.78 is 1.03. The smallest absolute Gasteiger partial charge is 0.226 e. The number of benzene rings is 1. The van der Waals surface area contributed by atoms with Crippen LogP contribution in [0.25, 0.3) is 10.2 Å². The summed E-state index contributed by atoms with van der Waals surface area (Å²) in [4.78, 5) is 15.7. The molecular weight excluding hydrogens is 222 g/mol. The van der Waals surface area contributed by atoms with Gasteiger partial charge in [-0.05, 0) is 24.6 Å². The normalized spacial score (nSPS) is 10.6. The van der Waals surface area contributed by atoms with Crippen molar-refractivity contribution >= 4 is 38.3 Å². The molecule has 1 heterocycles. The van der Waals surface area contributed by atoms with Gasteiger partial charge in [-0.1, -0.05) is 18.3 Å². The third-order valence-electron chi connectivity index (χ3n) is 2.14. The van der Waals surface area contributed by atoms with Crippen molar-refractivity contribution in [3.05, 3.63) is 18.2 Å². The number of thiazole rings is 1. The lowest BCUT2D eigenvalue weighted by atomic mass is 10.3. The van der Waals surface area contributed by atoms with E-state index >= 15 is 0 Å². The summed E-state index contributed by atoms with van der Waals surface area (Å²) in [5.41, 5.74) is 7.17. The predicted octanol–water partition coefficient (Wildman–Crippen LogP) is 2.62. The predicted molar refractivity (Wildman–Crippen MR) is 67.6 cm³/mol. The molecule has 0 atom stereocenters. The first-order valence-corrected chi connectivity index (χ1v) is 5.96. The van der Waals surface area contributed by atoms with Gasteiger partial charge in [-0.15, -0.1) is 0 Å². The second kappa shape index (κ2) is 4.49. The summed E-state index contributed by atoms with van der Waals surface area (Å²) in [6, 6.07) is 5.55. The van der Waals surface area contributed by atoms with E-state index in [0.29, 0.717) is 17.2 Å². The third-order valence-corrected chi connectivity index (χ3v) is 3.09. The Kier molecular flexibility index (Phi) is 3.05. The van der Waals surface area contributed by atoms with Crippen molar-refractivity contribution in [2.24, 2.45) is 0 Å². The van der Waals surface area contributed by atoms with E-state index in [0.717, 1.165) is 16.6 Å². The van der Waals surface area contributed by atoms with Crippen LogP contribution in [0.3, 0.4) is 0 Å². The Morgan fingerprint density at radius 1 is 1.56 bits per heavy atom. The molecule has 84 valence electrons. The molecule has 0 radical (unpaired) electrons. The highest BCUT2D eigenvalue weighted by Crippen LogP contribution is 2.27. The molecule has 0 unspecified atom stereocenters. The van der Waals surface area contributed by atoms with E-state index in [9.17, 15) is 4.79 Å². The van der Waals surface area contributed by atoms with E-state index in [-0.39, 0.29) is 5.91 Å². The highest BCUT2D eigenvalue weighted by Gasteiger charge is 2.06. The second-order valence-electron chi connectivity index (χ2n) is 3.54. The summed E-state index contributed by atoms with van der Waals surface area (Å²) in [6.45, 7) is 1.97. The fraction of sp³-hybridized carbons (Fsp3) is 0.273. The zero-order chi connectivity index (χ0) is 11.5. The highest BCUT2D eigenvalue weighted by molar-refractivity contribution is 7.22. The number of hydrogen-bond donors (Lipinski definition) is 2. The number of nitrogens with two attached hydrogens (primary N) is 1. The lowest BCUT2D eigenvalue weighted by Crippen LogP contribution is -2.09. The van der Waals surface area contributed by atoms with Gasteiger partial charge in [0.2, 0.25) is 5.91 Å². The quantitative estimate of drug-likeness (QED) is 0.803. The first-order chi connectivity index (χ1) is 7.69. The lowest BCUT2D eigenvalue weighted by Gasteiger charge is -1.97. The average Bonchev–Trinajstić information content (AvgIpc) is 2.59. The molecule has 0 aliphatic rings. The zero-order valence-electron chi connectivity index (χ0n) is 8.99. The number of nitrogens with zero attached hydrogens (tertiary/aromatic N) is 1. The van der Waals surface area contributed by atoms with Crippen LogP contribution >= 0.6 is 11.3 Å². The minimum Gasteiger partial charge on any atom is -0.399 e. The van der Waals surface area contributed by atoms with Crippen LogP contribution in [0.4, 0.5) is 10.8 Å². The Labute approximate surface area is 97.5 Å². The Hall–Kier alpha value is -1.62. The van der Waals surface area contributed by atoms with Gasteiger partial charge in [0.1, 0.15) is 0 Å². The van der Waals surface area contributed by atoms with Crippen LogP contribution in [-0.4, -0.2) is 10.9 Å². The molecule has 1 amide bonds. The number of amides is 1. The van der Waals surface area contributed by atoms with Crippen molar-refractivity contribution in [3.8, 4) is 0 Å². The number of fused-ring (bicyclic) bond motifs is 1. The molecule has 2 aromatic rings. The molecule has 0 saturated heterocycles. The number of anilines is 2. The van der Waals surface area contributed by atoms with Gasteiger partial charge in [0.25, 0.3) is 0 Å². The van der Waals surface area contributed by atoms with Gasteiger partial charge in [0.05, 0.1) is 10.2 Å². The third kappa shape index (κ3) is 2.30. The largest absolute Gasteiger partial charge is 0.399 e. The van der Waals surface area contributed by atoms with Gasteiger partial charge in [-0.2, -0.15) is 0 Å². The van der Waals surface area contributed by atoms with E-state index < -0.39 is 0 Å². The van der Waals surface area contributed by atoms with Crippen LogP contribution in [0.1, 0.15) is 19.8 Å². The molecule has 4 nitrogen and oxygen atoms in total. The summed E-state index contributed by atoms with van der Waals surface area (Å²) >= 11 is 1.46. The molecule has 3 N–H and O–H groups in total. The molecule has 0 aliphatic heterocycles. The molecule has 0 bridgehead atoms. The van der Waals surface area contributed by atoms with Crippen LogP contribution in [0.2, 0.25) is 0 Å². The molecule has 0 spiro atoms. The van der Waals surface area contributed by atoms with Crippen molar-refractivity contribution in [3.63, 3.8) is 0 Å². The molecule has 0 fully saturated rings. The molecule has 16 heavy (non-hydrogen) atoms. The average molecular weight is 235 g/mol. The van der Waals surface area contributed by atoms with E-state index in [1.165, 1.54) is 11.3 Å². The molecule has 0 saturated carbocycles. The lowest BCUT2D eigenvalue weighted by molar-refractivity contribution is -0.116. The van der Waals surface area contributed by atoms with Crippen LogP contribution in [-0.2, 0) is 4.79 Å². The minimum atomic E-state index is 0.00882. The maximum absolute atomic E-state index is 11.4. The zero-order valence-corrected chi connectivity index (χ0v) is 9.80. The Balaban J connectivity index is 2.23. The Morgan fingerprint density at radius 3 is 3.12 bits per heavy atom. The second-order valence-corrected chi connectivity index (χ2v) is 4.58. The van der Waals surface area contributed by atoms with Gasteiger partial charge in [0, 0.05) is 12.1 Å². The molecule has 2 rings (SSSR count). The van der Waals surface area contributed by atoms with E-state index in [4.69, 9.17) is 5.73 Å². The number of nitrogens with one attached hydrogen (secondary N) is 1. The van der Waals surface area contributed by atoms with Crippen LogP contribution in [0.5, 0.6) is 0 Å².